The van der Waals surface area contributed by atoms with Crippen LogP contribution in [0.3, 0.4) is 0 Å². The maximum atomic E-state index is 8.80. The molecule has 0 saturated carbocycles. The number of rotatable bonds is 0. The van der Waals surface area contributed by atoms with Crippen LogP contribution in [0.25, 0.3) is 0 Å². The van der Waals surface area contributed by atoms with Gasteiger partial charge >= 0.3 is 0 Å². The second-order valence-corrected chi connectivity index (χ2v) is 1.90. The quantitative estimate of drug-likeness (QED) is 0.516. The average molecular weight is 132 g/mol. The summed E-state index contributed by atoms with van der Waals surface area (Å²) in [6, 6.07) is 0. The van der Waals surface area contributed by atoms with Crippen LogP contribution in [0.15, 0.2) is 23.1 Å². The molecule has 0 unspecified atom stereocenters. The first-order valence-electron chi connectivity index (χ1n) is 2.29. The van der Waals surface area contributed by atoms with Crippen LogP contribution in [0.2, 0.25) is 0 Å². The van der Waals surface area contributed by atoms with E-state index in [1.54, 1.807) is 12.3 Å². The van der Waals surface area contributed by atoms with Gasteiger partial charge in [-0.3, -0.25) is 0 Å². The van der Waals surface area contributed by atoms with Crippen LogP contribution in [0.1, 0.15) is 0 Å². The molecule has 0 radical (unpaired) electrons. The fourth-order valence-corrected chi connectivity index (χ4v) is 0.630. The summed E-state index contributed by atoms with van der Waals surface area (Å²) < 4.78 is 0. The van der Waals surface area contributed by atoms with Crippen molar-refractivity contribution in [2.75, 3.05) is 6.54 Å². The van der Waals surface area contributed by atoms with Gasteiger partial charge in [0.1, 0.15) is 5.76 Å². The van der Waals surface area contributed by atoms with Gasteiger partial charge in [-0.05, 0) is 6.08 Å². The van der Waals surface area contributed by atoms with E-state index in [1.807, 2.05) is 0 Å². The molecule has 0 aromatic rings. The normalized spacial score (nSPS) is 18.6. The van der Waals surface area contributed by atoms with E-state index < -0.39 is 0 Å². The number of aliphatic hydroxyl groups excluding tert-OH is 1. The van der Waals surface area contributed by atoms with Gasteiger partial charge in [-0.25, -0.2) is 0 Å². The Labute approximate surface area is 52.5 Å². The summed E-state index contributed by atoms with van der Waals surface area (Å²) >= 11 is 5.45. The fourth-order valence-electron chi connectivity index (χ4n) is 0.476. The Morgan fingerprint density at radius 1 is 1.75 bits per heavy atom. The standard InChI is InChI=1S/C5H6ClNO/c6-4-3-7-2-1-5(4)8/h1,3,7-8H,2H2. The number of dihydropyridines is 1. The van der Waals surface area contributed by atoms with E-state index in [-0.39, 0.29) is 5.76 Å². The minimum Gasteiger partial charge on any atom is -0.507 e. The summed E-state index contributed by atoms with van der Waals surface area (Å²) in [5, 5.41) is 12.0. The van der Waals surface area contributed by atoms with Crippen LogP contribution in [0.5, 0.6) is 0 Å². The predicted molar refractivity (Wildman–Crippen MR) is 32.7 cm³/mol. The van der Waals surface area contributed by atoms with Gasteiger partial charge in [-0.2, -0.15) is 0 Å². The summed E-state index contributed by atoms with van der Waals surface area (Å²) in [5.41, 5.74) is 0. The molecule has 0 bridgehead atoms. The lowest BCUT2D eigenvalue weighted by atomic mass is 10.3. The van der Waals surface area contributed by atoms with Crippen LogP contribution in [0.4, 0.5) is 0 Å². The second-order valence-electron chi connectivity index (χ2n) is 1.49. The highest BCUT2D eigenvalue weighted by Gasteiger charge is 2.00. The summed E-state index contributed by atoms with van der Waals surface area (Å²) in [6.45, 7) is 0.655. The molecule has 0 aromatic carbocycles. The zero-order chi connectivity index (χ0) is 5.98. The maximum Gasteiger partial charge on any atom is 0.133 e. The van der Waals surface area contributed by atoms with Crippen molar-refractivity contribution in [2.24, 2.45) is 0 Å². The molecule has 44 valence electrons. The molecule has 0 amide bonds. The molecule has 0 spiro atoms. The topological polar surface area (TPSA) is 32.3 Å². The van der Waals surface area contributed by atoms with Gasteiger partial charge in [-0.1, -0.05) is 11.6 Å². The Hall–Kier alpha value is -0.630. The first-order chi connectivity index (χ1) is 3.80. The van der Waals surface area contributed by atoms with Crippen LogP contribution < -0.4 is 5.32 Å². The number of allylic oxidation sites excluding steroid dienone is 1. The minimum atomic E-state index is 0.158. The van der Waals surface area contributed by atoms with Crippen LogP contribution >= 0.6 is 11.6 Å². The first kappa shape index (κ1) is 5.51. The molecule has 8 heavy (non-hydrogen) atoms. The van der Waals surface area contributed by atoms with Crippen LogP contribution in [0, 0.1) is 0 Å². The van der Waals surface area contributed by atoms with Crippen molar-refractivity contribution in [1.82, 2.24) is 5.32 Å². The Kier molecular flexibility index (Phi) is 1.44. The maximum absolute atomic E-state index is 8.80. The number of halogens is 1. The molecule has 1 aliphatic rings. The largest absolute Gasteiger partial charge is 0.507 e. The average Bonchev–Trinajstić information content (AvgIpc) is 1.77. The molecule has 0 saturated heterocycles. The van der Waals surface area contributed by atoms with Crippen molar-refractivity contribution < 1.29 is 5.11 Å². The lowest BCUT2D eigenvalue weighted by Gasteiger charge is -2.04. The van der Waals surface area contributed by atoms with Gasteiger partial charge in [0.15, 0.2) is 0 Å². The van der Waals surface area contributed by atoms with Gasteiger partial charge in [0.25, 0.3) is 0 Å². The smallest absolute Gasteiger partial charge is 0.133 e. The molecule has 2 N–H and O–H groups in total. The van der Waals surface area contributed by atoms with E-state index in [1.165, 1.54) is 0 Å². The SMILES string of the molecule is OC1=CCNC=C1Cl. The molecule has 2 nitrogen and oxygen atoms in total. The third kappa shape index (κ3) is 0.954. The van der Waals surface area contributed by atoms with Crippen molar-refractivity contribution in [1.29, 1.82) is 0 Å². The first-order valence-corrected chi connectivity index (χ1v) is 2.67. The van der Waals surface area contributed by atoms with E-state index in [0.29, 0.717) is 11.6 Å². The van der Waals surface area contributed by atoms with Gasteiger partial charge in [-0.15, -0.1) is 0 Å². The van der Waals surface area contributed by atoms with Crippen molar-refractivity contribution in [3.8, 4) is 0 Å². The molecule has 1 heterocycles. The summed E-state index contributed by atoms with van der Waals surface area (Å²) in [7, 11) is 0. The van der Waals surface area contributed by atoms with Gasteiger partial charge in [0.05, 0.1) is 5.03 Å². The molecule has 1 aliphatic heterocycles. The Morgan fingerprint density at radius 3 is 2.88 bits per heavy atom. The summed E-state index contributed by atoms with van der Waals surface area (Å²) in [4.78, 5) is 0. The molecule has 3 heteroatoms. The van der Waals surface area contributed by atoms with Crippen molar-refractivity contribution in [2.45, 2.75) is 0 Å². The zero-order valence-corrected chi connectivity index (χ0v) is 4.94. The predicted octanol–water partition coefficient (Wildman–Crippen LogP) is 1.11. The molecule has 0 aliphatic carbocycles. The van der Waals surface area contributed by atoms with Gasteiger partial charge in [0, 0.05) is 12.7 Å². The highest BCUT2D eigenvalue weighted by molar-refractivity contribution is 6.31. The van der Waals surface area contributed by atoms with Gasteiger partial charge < -0.3 is 10.4 Å². The summed E-state index contributed by atoms with van der Waals surface area (Å²) in [6.07, 6.45) is 3.18. The number of hydrogen-bond acceptors (Lipinski definition) is 2. The number of hydrogen-bond donors (Lipinski definition) is 2. The van der Waals surface area contributed by atoms with E-state index in [0.717, 1.165) is 0 Å². The highest BCUT2D eigenvalue weighted by Crippen LogP contribution is 2.11. The van der Waals surface area contributed by atoms with E-state index in [4.69, 9.17) is 16.7 Å². The number of aliphatic hydroxyl groups is 1. The molecule has 0 aromatic heterocycles. The monoisotopic (exact) mass is 131 g/mol. The minimum absolute atomic E-state index is 0.158. The van der Waals surface area contributed by atoms with Crippen LogP contribution in [-0.2, 0) is 0 Å². The lowest BCUT2D eigenvalue weighted by molar-refractivity contribution is 0.423. The third-order valence-electron chi connectivity index (χ3n) is 0.887. The Morgan fingerprint density at radius 2 is 2.50 bits per heavy atom. The van der Waals surface area contributed by atoms with E-state index in [2.05, 4.69) is 5.32 Å². The van der Waals surface area contributed by atoms with Crippen molar-refractivity contribution >= 4 is 11.6 Å². The molecular formula is C5H6ClNO. The van der Waals surface area contributed by atoms with Crippen molar-refractivity contribution in [3.05, 3.63) is 23.1 Å². The molecule has 0 atom stereocenters. The van der Waals surface area contributed by atoms with Crippen molar-refractivity contribution in [3.63, 3.8) is 0 Å². The summed E-state index contributed by atoms with van der Waals surface area (Å²) in [5.74, 6) is 0.158. The highest BCUT2D eigenvalue weighted by atomic mass is 35.5. The third-order valence-corrected chi connectivity index (χ3v) is 1.19. The number of nitrogens with one attached hydrogen (secondary N) is 1. The fraction of sp³-hybridized carbons (Fsp3) is 0.200. The van der Waals surface area contributed by atoms with Crippen LogP contribution in [-0.4, -0.2) is 11.7 Å². The Balaban J connectivity index is 2.73. The van der Waals surface area contributed by atoms with Gasteiger partial charge in [0.2, 0.25) is 0 Å². The zero-order valence-electron chi connectivity index (χ0n) is 4.19. The molecular weight excluding hydrogens is 126 g/mol. The lowest BCUT2D eigenvalue weighted by Crippen LogP contribution is -2.10. The molecule has 0 fully saturated rings. The molecule has 1 rings (SSSR count). The Bertz CT molecular complexity index is 133. The van der Waals surface area contributed by atoms with E-state index in [9.17, 15) is 0 Å². The van der Waals surface area contributed by atoms with E-state index >= 15 is 0 Å². The second kappa shape index (κ2) is 2.09.